The zero-order valence-corrected chi connectivity index (χ0v) is 15.6. The smallest absolute Gasteiger partial charge is 0.326 e. The highest BCUT2D eigenvalue weighted by Gasteiger charge is 2.22. The number of anilines is 1. The molecule has 1 aliphatic rings. The van der Waals surface area contributed by atoms with Crippen molar-refractivity contribution in [3.05, 3.63) is 52.5 Å². The molecule has 0 bridgehead atoms. The maximum absolute atomic E-state index is 13.6. The van der Waals surface area contributed by atoms with Crippen molar-refractivity contribution in [2.45, 2.75) is 25.5 Å². The number of nitrogens with one attached hydrogen (secondary N) is 2. The van der Waals surface area contributed by atoms with Crippen molar-refractivity contribution in [3.63, 3.8) is 0 Å². The van der Waals surface area contributed by atoms with Gasteiger partial charge in [0.25, 0.3) is 0 Å². The molecule has 8 heteroatoms. The molecule has 1 saturated heterocycles. The minimum atomic E-state index is -0.752. The summed E-state index contributed by atoms with van der Waals surface area (Å²) in [6, 6.07) is 9.02. The quantitative estimate of drug-likeness (QED) is 0.760. The number of hydrogen-bond acceptors (Lipinski definition) is 5. The molecule has 1 unspecified atom stereocenters. The van der Waals surface area contributed by atoms with Gasteiger partial charge in [0.2, 0.25) is 5.91 Å². The van der Waals surface area contributed by atoms with Crippen LogP contribution in [0.15, 0.2) is 41.8 Å². The monoisotopic (exact) mass is 391 g/mol. The summed E-state index contributed by atoms with van der Waals surface area (Å²) in [6.07, 6.45) is 2.09. The fourth-order valence-electron chi connectivity index (χ4n) is 2.97. The number of urea groups is 1. The summed E-state index contributed by atoms with van der Waals surface area (Å²) < 4.78 is 19.3. The van der Waals surface area contributed by atoms with Crippen LogP contribution in [0, 0.1) is 5.82 Å². The molecule has 1 aromatic heterocycles. The predicted octanol–water partition coefficient (Wildman–Crippen LogP) is 3.22. The second-order valence-corrected chi connectivity index (χ2v) is 7.40. The van der Waals surface area contributed by atoms with Crippen molar-refractivity contribution < 1.29 is 18.7 Å². The molecule has 1 atom stereocenters. The molecule has 144 valence electrons. The molecule has 2 aromatic rings. The van der Waals surface area contributed by atoms with Crippen LogP contribution in [-0.4, -0.2) is 42.6 Å². The Morgan fingerprint density at radius 2 is 2.11 bits per heavy atom. The Hall–Kier alpha value is -2.29. The molecule has 1 aliphatic heterocycles. The average molecular weight is 391 g/mol. The molecule has 0 radical (unpaired) electrons. The van der Waals surface area contributed by atoms with E-state index < -0.39 is 17.8 Å². The molecular formula is C19H22FN3O3S. The molecule has 1 fully saturated rings. The van der Waals surface area contributed by atoms with E-state index in [1.807, 2.05) is 22.4 Å². The van der Waals surface area contributed by atoms with Crippen LogP contribution >= 0.6 is 11.3 Å². The minimum absolute atomic E-state index is 0.0256. The number of carbonyl (C=O) groups is 2. The number of thiophene rings is 1. The van der Waals surface area contributed by atoms with Gasteiger partial charge in [-0.25, -0.2) is 9.18 Å². The Labute approximate surface area is 161 Å². The van der Waals surface area contributed by atoms with Crippen LogP contribution in [0.4, 0.5) is 14.9 Å². The molecule has 27 heavy (non-hydrogen) atoms. The summed E-state index contributed by atoms with van der Waals surface area (Å²) in [5, 5.41) is 6.59. The standard InChI is InChI=1S/C19H22FN3O3S/c20-16-7-1-2-8-17(16)21-19(25)22-18(24)13-23(11-14-5-3-9-26-14)12-15-6-4-10-27-15/h1-2,4,6-8,10,14H,3,5,9,11-13H2,(H2,21,22,24,25). The van der Waals surface area contributed by atoms with Gasteiger partial charge in [-0.2, -0.15) is 0 Å². The van der Waals surface area contributed by atoms with Gasteiger partial charge in [0.1, 0.15) is 5.82 Å². The van der Waals surface area contributed by atoms with E-state index in [0.717, 1.165) is 24.3 Å². The number of nitrogens with zero attached hydrogens (tertiary/aromatic N) is 1. The van der Waals surface area contributed by atoms with Gasteiger partial charge in [-0.3, -0.25) is 15.0 Å². The van der Waals surface area contributed by atoms with Crippen LogP contribution in [-0.2, 0) is 16.1 Å². The highest BCUT2D eigenvalue weighted by molar-refractivity contribution is 7.09. The number of benzene rings is 1. The summed E-state index contributed by atoms with van der Waals surface area (Å²) in [6.45, 7) is 2.04. The van der Waals surface area contributed by atoms with Crippen molar-refractivity contribution in [2.24, 2.45) is 0 Å². The van der Waals surface area contributed by atoms with E-state index in [1.165, 1.54) is 18.2 Å². The number of ether oxygens (including phenoxy) is 1. The van der Waals surface area contributed by atoms with Crippen molar-refractivity contribution in [1.82, 2.24) is 10.2 Å². The molecular weight excluding hydrogens is 369 g/mol. The van der Waals surface area contributed by atoms with Gasteiger partial charge in [0.15, 0.2) is 0 Å². The lowest BCUT2D eigenvalue weighted by molar-refractivity contribution is -0.121. The minimum Gasteiger partial charge on any atom is -0.377 e. The van der Waals surface area contributed by atoms with Crippen LogP contribution in [0.3, 0.4) is 0 Å². The van der Waals surface area contributed by atoms with Crippen LogP contribution in [0.25, 0.3) is 0 Å². The van der Waals surface area contributed by atoms with Gasteiger partial charge in [-0.05, 0) is 36.4 Å². The van der Waals surface area contributed by atoms with Crippen molar-refractivity contribution in [3.8, 4) is 0 Å². The Bertz CT molecular complexity index is 763. The van der Waals surface area contributed by atoms with E-state index in [2.05, 4.69) is 10.6 Å². The number of imide groups is 1. The van der Waals surface area contributed by atoms with Crippen molar-refractivity contribution in [1.29, 1.82) is 0 Å². The van der Waals surface area contributed by atoms with Gasteiger partial charge in [0.05, 0.1) is 18.3 Å². The summed E-state index contributed by atoms with van der Waals surface area (Å²) in [4.78, 5) is 27.4. The first-order valence-corrected chi connectivity index (χ1v) is 9.70. The topological polar surface area (TPSA) is 70.7 Å². The first kappa shape index (κ1) is 19.5. The van der Waals surface area contributed by atoms with E-state index in [0.29, 0.717) is 13.1 Å². The Balaban J connectivity index is 1.54. The van der Waals surface area contributed by atoms with Crippen LogP contribution in [0.5, 0.6) is 0 Å². The molecule has 0 saturated carbocycles. The Morgan fingerprint density at radius 3 is 2.81 bits per heavy atom. The number of hydrogen-bond donors (Lipinski definition) is 2. The van der Waals surface area contributed by atoms with Gasteiger partial charge in [-0.1, -0.05) is 18.2 Å². The van der Waals surface area contributed by atoms with Gasteiger partial charge < -0.3 is 10.1 Å². The van der Waals surface area contributed by atoms with Crippen LogP contribution in [0.2, 0.25) is 0 Å². The Morgan fingerprint density at radius 1 is 1.26 bits per heavy atom. The lowest BCUT2D eigenvalue weighted by Crippen LogP contribution is -2.43. The third-order valence-electron chi connectivity index (χ3n) is 4.19. The van der Waals surface area contributed by atoms with Gasteiger partial charge >= 0.3 is 6.03 Å². The highest BCUT2D eigenvalue weighted by Crippen LogP contribution is 2.17. The lowest BCUT2D eigenvalue weighted by atomic mass is 10.2. The largest absolute Gasteiger partial charge is 0.377 e. The first-order chi connectivity index (χ1) is 13.1. The molecule has 6 nitrogen and oxygen atoms in total. The van der Waals surface area contributed by atoms with Gasteiger partial charge in [-0.15, -0.1) is 11.3 Å². The normalized spacial score (nSPS) is 16.4. The average Bonchev–Trinajstić information content (AvgIpc) is 3.31. The first-order valence-electron chi connectivity index (χ1n) is 8.82. The molecule has 1 aromatic carbocycles. The maximum Gasteiger partial charge on any atom is 0.326 e. The summed E-state index contributed by atoms with van der Waals surface area (Å²) in [5.41, 5.74) is 0.0256. The maximum atomic E-state index is 13.6. The number of carbonyl (C=O) groups excluding carboxylic acids is 2. The van der Waals surface area contributed by atoms with E-state index in [4.69, 9.17) is 4.74 Å². The van der Waals surface area contributed by atoms with E-state index in [-0.39, 0.29) is 18.3 Å². The van der Waals surface area contributed by atoms with Crippen molar-refractivity contribution in [2.75, 3.05) is 25.0 Å². The summed E-state index contributed by atoms with van der Waals surface area (Å²) in [7, 11) is 0. The number of rotatable bonds is 7. The second kappa shape index (κ2) is 9.59. The second-order valence-electron chi connectivity index (χ2n) is 6.37. The summed E-state index contributed by atoms with van der Waals surface area (Å²) >= 11 is 1.62. The predicted molar refractivity (Wildman–Crippen MR) is 102 cm³/mol. The third kappa shape index (κ3) is 6.13. The molecule has 3 amide bonds. The molecule has 3 rings (SSSR count). The number of halogens is 1. The fourth-order valence-corrected chi connectivity index (χ4v) is 3.72. The molecule has 0 spiro atoms. The number of amides is 3. The Kier molecular flexibility index (Phi) is 6.92. The molecule has 2 N–H and O–H groups in total. The van der Waals surface area contributed by atoms with E-state index in [9.17, 15) is 14.0 Å². The van der Waals surface area contributed by atoms with Crippen LogP contribution < -0.4 is 10.6 Å². The van der Waals surface area contributed by atoms with Crippen LogP contribution in [0.1, 0.15) is 17.7 Å². The fraction of sp³-hybridized carbons (Fsp3) is 0.368. The zero-order valence-electron chi connectivity index (χ0n) is 14.8. The SMILES string of the molecule is O=C(CN(Cc1cccs1)CC1CCCO1)NC(=O)Nc1ccccc1F. The lowest BCUT2D eigenvalue weighted by Gasteiger charge is -2.24. The zero-order chi connectivity index (χ0) is 19.1. The summed E-state index contributed by atoms with van der Waals surface area (Å²) in [5.74, 6) is -1.00. The molecule has 0 aliphatic carbocycles. The van der Waals surface area contributed by atoms with E-state index in [1.54, 1.807) is 17.4 Å². The van der Waals surface area contributed by atoms with Gasteiger partial charge in [0, 0.05) is 24.6 Å². The van der Waals surface area contributed by atoms with Crippen molar-refractivity contribution >= 4 is 29.0 Å². The number of para-hydroxylation sites is 1. The highest BCUT2D eigenvalue weighted by atomic mass is 32.1. The van der Waals surface area contributed by atoms with E-state index >= 15 is 0 Å². The third-order valence-corrected chi connectivity index (χ3v) is 5.05. The molecule has 2 heterocycles.